The zero-order valence-electron chi connectivity index (χ0n) is 20.1. The van der Waals surface area contributed by atoms with Crippen molar-refractivity contribution in [3.05, 3.63) is 90.9 Å². The molecule has 32 heavy (non-hydrogen) atoms. The molecule has 0 saturated carbocycles. The van der Waals surface area contributed by atoms with Crippen molar-refractivity contribution < 1.29 is 77.2 Å². The summed E-state index contributed by atoms with van der Waals surface area (Å²) in [5.74, 6) is 21.8. The number of aryl methyl sites for hydroxylation is 8. The smallest absolute Gasteiger partial charge is 1.00 e. The third kappa shape index (κ3) is 17.0. The molecule has 4 atom stereocenters. The summed E-state index contributed by atoms with van der Waals surface area (Å²) >= 11 is 0. The van der Waals surface area contributed by atoms with Gasteiger partial charge in [-0.2, -0.15) is 90.9 Å². The molecule has 4 unspecified atom stereocenters. The molecule has 0 spiro atoms. The van der Waals surface area contributed by atoms with Crippen molar-refractivity contribution >= 4 is 32.8 Å². The second kappa shape index (κ2) is 22.9. The summed E-state index contributed by atoms with van der Waals surface area (Å²) < 4.78 is 0. The van der Waals surface area contributed by atoms with Gasteiger partial charge in [-0.05, 0) is 0 Å². The second-order valence-corrected chi connectivity index (χ2v) is 10.2. The van der Waals surface area contributed by atoms with E-state index in [2.05, 4.69) is 102 Å². The fourth-order valence-corrected chi connectivity index (χ4v) is 5.51. The van der Waals surface area contributed by atoms with Crippen LogP contribution in [0.3, 0.4) is 0 Å². The van der Waals surface area contributed by atoms with E-state index in [4.69, 9.17) is 0 Å². The van der Waals surface area contributed by atoms with Gasteiger partial charge in [-0.1, -0.05) is 55.4 Å². The van der Waals surface area contributed by atoms with Crippen LogP contribution < -0.4 is 24.8 Å². The summed E-state index contributed by atoms with van der Waals surface area (Å²) in [5.41, 5.74) is 10.9. The summed E-state index contributed by atoms with van der Waals surface area (Å²) in [6.45, 7) is 16.9. The Morgan fingerprint density at radius 2 is 0.562 bits per heavy atom. The predicted molar refractivity (Wildman–Crippen MR) is 137 cm³/mol. The Bertz CT molecular complexity index is 720. The molecule has 0 aromatic carbocycles. The Labute approximate surface area is 253 Å². The molecule has 4 rings (SSSR count). The molecular formula is C24H32Cl2P4Zr2-2. The molecule has 172 valence electrons. The summed E-state index contributed by atoms with van der Waals surface area (Å²) in [5, 5.41) is 0. The van der Waals surface area contributed by atoms with Crippen molar-refractivity contribution in [3.63, 3.8) is 0 Å². The largest absolute Gasteiger partial charge is 2.00 e. The van der Waals surface area contributed by atoms with Crippen LogP contribution in [0.5, 0.6) is 0 Å². The molecule has 0 nitrogen and oxygen atoms in total. The minimum absolute atomic E-state index is 0. The van der Waals surface area contributed by atoms with E-state index in [1.807, 2.05) is 0 Å². The molecule has 8 heteroatoms. The molecule has 0 N–H and O–H groups in total. The van der Waals surface area contributed by atoms with Crippen LogP contribution in [-0.2, 0) is 52.4 Å². The Hall–Kier alpha value is 1.47. The molecule has 0 amide bonds. The van der Waals surface area contributed by atoms with Crippen molar-refractivity contribution in [2.24, 2.45) is 0 Å². The zero-order chi connectivity index (χ0) is 21.1. The molecule has 0 aliphatic heterocycles. The van der Waals surface area contributed by atoms with Crippen molar-refractivity contribution in [2.45, 2.75) is 55.4 Å². The average molecular weight is 698 g/mol. The van der Waals surface area contributed by atoms with Gasteiger partial charge in [-0.3, -0.25) is 32.8 Å². The number of halogens is 2. The number of hydrogen-bond donors (Lipinski definition) is 0. The first kappa shape index (κ1) is 40.6. The van der Waals surface area contributed by atoms with Gasteiger partial charge >= 0.3 is 52.4 Å². The van der Waals surface area contributed by atoms with E-state index >= 15 is 0 Å². The van der Waals surface area contributed by atoms with Gasteiger partial charge in [0.1, 0.15) is 0 Å². The van der Waals surface area contributed by atoms with Crippen LogP contribution in [0.2, 0.25) is 0 Å². The minimum atomic E-state index is 0. The molecule has 0 aliphatic carbocycles. The van der Waals surface area contributed by atoms with Crippen LogP contribution in [0.15, 0.2) is 23.2 Å². The van der Waals surface area contributed by atoms with E-state index in [0.717, 1.165) is 32.8 Å². The first-order valence-corrected chi connectivity index (χ1v) is 13.6. The van der Waals surface area contributed by atoms with E-state index in [9.17, 15) is 0 Å². The zero-order valence-corrected chi connectivity index (χ0v) is 30.5. The van der Waals surface area contributed by atoms with Crippen LogP contribution >= 0.6 is 32.8 Å². The van der Waals surface area contributed by atoms with Crippen molar-refractivity contribution in [1.29, 1.82) is 0 Å². The van der Waals surface area contributed by atoms with E-state index in [0.29, 0.717) is 0 Å². The maximum absolute atomic E-state index is 3.22. The van der Waals surface area contributed by atoms with Crippen LogP contribution in [0, 0.1) is 78.6 Å². The van der Waals surface area contributed by atoms with Crippen LogP contribution in [0.4, 0.5) is 0 Å². The maximum Gasteiger partial charge on any atom is 2.00 e. The number of rotatable bonds is 0. The van der Waals surface area contributed by atoms with Gasteiger partial charge in [0.15, 0.2) is 0 Å². The quantitative estimate of drug-likeness (QED) is 0.248. The van der Waals surface area contributed by atoms with Gasteiger partial charge in [0.05, 0.1) is 0 Å². The van der Waals surface area contributed by atoms with Crippen LogP contribution in [-0.4, -0.2) is 0 Å². The van der Waals surface area contributed by atoms with E-state index in [-0.39, 0.29) is 77.2 Å². The van der Waals surface area contributed by atoms with Gasteiger partial charge < -0.3 is 24.8 Å². The Morgan fingerprint density at radius 1 is 0.406 bits per heavy atom. The molecule has 4 aromatic heterocycles. The standard InChI is InChI=1S/4C6H8P.2ClH.2Zr/c4*1-5-3-7-4-6(5)2;;;;/h4*3,7H,1-2H3;2*1H;;/q4*-1;;;2*+2/p-2. The van der Waals surface area contributed by atoms with E-state index in [1.54, 1.807) is 0 Å². The molecule has 4 heterocycles. The van der Waals surface area contributed by atoms with E-state index < -0.39 is 0 Å². The minimum Gasteiger partial charge on any atom is -1.00 e. The molecular weight excluding hydrogens is 666 g/mol. The summed E-state index contributed by atoms with van der Waals surface area (Å²) in [4.78, 5) is 0. The molecule has 0 bridgehead atoms. The van der Waals surface area contributed by atoms with Crippen molar-refractivity contribution in [1.82, 2.24) is 0 Å². The van der Waals surface area contributed by atoms with Gasteiger partial charge in [-0.25, -0.2) is 0 Å². The Kier molecular flexibility index (Phi) is 29.1. The van der Waals surface area contributed by atoms with Gasteiger partial charge in [0.25, 0.3) is 0 Å². The topological polar surface area (TPSA) is 0 Å². The summed E-state index contributed by atoms with van der Waals surface area (Å²) in [7, 11) is 3.28. The van der Waals surface area contributed by atoms with Crippen molar-refractivity contribution in [2.75, 3.05) is 0 Å². The molecule has 4 aromatic rings. The van der Waals surface area contributed by atoms with Gasteiger partial charge in [-0.15, -0.1) is 0 Å². The van der Waals surface area contributed by atoms with E-state index in [1.165, 1.54) is 44.5 Å². The second-order valence-electron chi connectivity index (χ2n) is 6.89. The Morgan fingerprint density at radius 3 is 0.594 bits per heavy atom. The van der Waals surface area contributed by atoms with Crippen molar-refractivity contribution in [3.8, 4) is 0 Å². The van der Waals surface area contributed by atoms with Gasteiger partial charge in [0, 0.05) is 0 Å². The Balaban J connectivity index is -0.000000157. The summed E-state index contributed by atoms with van der Waals surface area (Å²) in [6.07, 6.45) is 0. The molecule has 0 aliphatic rings. The molecule has 0 saturated heterocycles. The monoisotopic (exact) mass is 694 g/mol. The predicted octanol–water partition coefficient (Wildman–Crippen LogP) is 2.54. The first-order chi connectivity index (χ1) is 13.2. The van der Waals surface area contributed by atoms with Crippen LogP contribution in [0.25, 0.3) is 0 Å². The fraction of sp³-hybridized carbons (Fsp3) is 0.333. The van der Waals surface area contributed by atoms with Gasteiger partial charge in [0.2, 0.25) is 0 Å². The SMILES string of the molecule is Cc1[c-][pH]cc1C.Cc1[c-][pH]cc1C.Cc1[c-][pH]cc1C.Cc1[c-][pH]cc1C.[Cl-].[Cl-].[Zr+2].[Zr+2]. The first-order valence-electron chi connectivity index (χ1n) is 9.31. The average Bonchev–Trinajstić information content (AvgIpc) is 3.41. The third-order valence-electron chi connectivity index (χ3n) is 4.56. The normalized spacial score (nSPS) is 9.25. The summed E-state index contributed by atoms with van der Waals surface area (Å²) in [6, 6.07) is 0. The number of hydrogen-bond acceptors (Lipinski definition) is 0. The fourth-order valence-electron chi connectivity index (χ4n) is 1.84. The third-order valence-corrected chi connectivity index (χ3v) is 8.95. The molecule has 0 radical (unpaired) electrons. The molecule has 0 fully saturated rings. The van der Waals surface area contributed by atoms with Crippen LogP contribution in [0.1, 0.15) is 44.5 Å². The maximum atomic E-state index is 3.22.